The Morgan fingerprint density at radius 3 is 2.29 bits per heavy atom. The number of benzene rings is 2. The molecule has 2 aromatic rings. The Kier molecular flexibility index (Phi) is 4.58. The van der Waals surface area contributed by atoms with Crippen molar-refractivity contribution in [2.75, 3.05) is 30.4 Å². The van der Waals surface area contributed by atoms with E-state index in [1.165, 1.54) is 12.1 Å². The van der Waals surface area contributed by atoms with E-state index < -0.39 is 0 Å². The lowest BCUT2D eigenvalue weighted by atomic mass is 10.1. The molecule has 0 aromatic heterocycles. The zero-order valence-electron chi connectivity index (χ0n) is 12.5. The smallest absolute Gasteiger partial charge is 0.258 e. The minimum atomic E-state index is -0.308. The first-order valence-electron chi connectivity index (χ1n) is 6.87. The fraction of sp³-hybridized carbons (Fsp3) is 0.235. The number of halogens is 1. The fourth-order valence-corrected chi connectivity index (χ4v) is 2.14. The Hall–Kier alpha value is -2.36. The monoisotopic (exact) mass is 286 g/mol. The molecule has 0 radical (unpaired) electrons. The third kappa shape index (κ3) is 3.40. The number of hydrogen-bond acceptors (Lipinski definition) is 2. The standard InChI is InChI=1S/C17H19FN2O/c1-4-20(15-10-8-14(18)9-11-15)17(21)13-6-5-7-16(12-13)19(2)3/h5-12H,4H2,1-3H3. The molecule has 0 spiro atoms. The molecule has 0 N–H and O–H groups in total. The van der Waals surface area contributed by atoms with Crippen LogP contribution in [0.25, 0.3) is 0 Å². The van der Waals surface area contributed by atoms with Crippen LogP contribution in [0.5, 0.6) is 0 Å². The minimum Gasteiger partial charge on any atom is -0.378 e. The van der Waals surface area contributed by atoms with Gasteiger partial charge in [-0.15, -0.1) is 0 Å². The molecule has 0 heterocycles. The van der Waals surface area contributed by atoms with Crippen LogP contribution in [0.1, 0.15) is 17.3 Å². The Morgan fingerprint density at radius 2 is 1.71 bits per heavy atom. The van der Waals surface area contributed by atoms with E-state index >= 15 is 0 Å². The summed E-state index contributed by atoms with van der Waals surface area (Å²) in [7, 11) is 3.86. The van der Waals surface area contributed by atoms with E-state index in [9.17, 15) is 9.18 Å². The highest BCUT2D eigenvalue weighted by Gasteiger charge is 2.16. The zero-order chi connectivity index (χ0) is 15.4. The highest BCUT2D eigenvalue weighted by molar-refractivity contribution is 6.06. The third-order valence-corrected chi connectivity index (χ3v) is 3.31. The molecule has 2 rings (SSSR count). The summed E-state index contributed by atoms with van der Waals surface area (Å²) in [6, 6.07) is 13.4. The van der Waals surface area contributed by atoms with Gasteiger partial charge in [0.05, 0.1) is 0 Å². The molecule has 0 saturated carbocycles. The van der Waals surface area contributed by atoms with Crippen molar-refractivity contribution in [3.8, 4) is 0 Å². The van der Waals surface area contributed by atoms with Gasteiger partial charge in [-0.05, 0) is 49.4 Å². The van der Waals surface area contributed by atoms with E-state index in [4.69, 9.17) is 0 Å². The topological polar surface area (TPSA) is 23.6 Å². The second kappa shape index (κ2) is 6.39. The van der Waals surface area contributed by atoms with E-state index in [0.29, 0.717) is 17.8 Å². The molecule has 110 valence electrons. The molecule has 0 fully saturated rings. The predicted octanol–water partition coefficient (Wildman–Crippen LogP) is 3.56. The molecule has 0 unspecified atom stereocenters. The molecule has 2 aromatic carbocycles. The van der Waals surface area contributed by atoms with Crippen molar-refractivity contribution in [2.24, 2.45) is 0 Å². The van der Waals surface area contributed by atoms with Crippen LogP contribution in [0.15, 0.2) is 48.5 Å². The van der Waals surface area contributed by atoms with E-state index in [1.54, 1.807) is 23.1 Å². The number of carbonyl (C=O) groups excluding carboxylic acids is 1. The fourth-order valence-electron chi connectivity index (χ4n) is 2.14. The van der Waals surface area contributed by atoms with Crippen LogP contribution in [0.4, 0.5) is 15.8 Å². The summed E-state index contributed by atoms with van der Waals surface area (Å²) >= 11 is 0. The van der Waals surface area contributed by atoms with Crippen molar-refractivity contribution in [3.63, 3.8) is 0 Å². The van der Waals surface area contributed by atoms with Crippen LogP contribution >= 0.6 is 0 Å². The van der Waals surface area contributed by atoms with Crippen LogP contribution < -0.4 is 9.80 Å². The van der Waals surface area contributed by atoms with Gasteiger partial charge in [0.1, 0.15) is 5.82 Å². The maximum Gasteiger partial charge on any atom is 0.258 e. The van der Waals surface area contributed by atoms with E-state index in [0.717, 1.165) is 5.69 Å². The van der Waals surface area contributed by atoms with Gasteiger partial charge in [0.15, 0.2) is 0 Å². The minimum absolute atomic E-state index is 0.0900. The predicted molar refractivity (Wildman–Crippen MR) is 84.5 cm³/mol. The molecule has 0 aliphatic carbocycles. The Labute approximate surface area is 124 Å². The van der Waals surface area contributed by atoms with Gasteiger partial charge < -0.3 is 9.80 Å². The number of rotatable bonds is 4. The number of anilines is 2. The number of carbonyl (C=O) groups is 1. The Balaban J connectivity index is 2.32. The second-order valence-electron chi connectivity index (χ2n) is 4.97. The first-order valence-corrected chi connectivity index (χ1v) is 6.87. The van der Waals surface area contributed by atoms with Crippen molar-refractivity contribution < 1.29 is 9.18 Å². The Morgan fingerprint density at radius 1 is 1.05 bits per heavy atom. The van der Waals surface area contributed by atoms with Crippen LogP contribution in [0.3, 0.4) is 0 Å². The summed E-state index contributed by atoms with van der Waals surface area (Å²) in [5, 5.41) is 0. The molecular weight excluding hydrogens is 267 g/mol. The van der Waals surface area contributed by atoms with Gasteiger partial charge in [-0.2, -0.15) is 0 Å². The molecule has 0 saturated heterocycles. The van der Waals surface area contributed by atoms with Gasteiger partial charge in [0, 0.05) is 37.6 Å². The average Bonchev–Trinajstić information content (AvgIpc) is 2.50. The summed E-state index contributed by atoms with van der Waals surface area (Å²) < 4.78 is 13.0. The van der Waals surface area contributed by atoms with E-state index in [-0.39, 0.29) is 11.7 Å². The quantitative estimate of drug-likeness (QED) is 0.858. The molecule has 21 heavy (non-hydrogen) atoms. The number of amides is 1. The van der Waals surface area contributed by atoms with Crippen molar-refractivity contribution in [3.05, 3.63) is 59.9 Å². The molecule has 3 nitrogen and oxygen atoms in total. The van der Waals surface area contributed by atoms with Crippen LogP contribution in [0, 0.1) is 5.82 Å². The largest absolute Gasteiger partial charge is 0.378 e. The van der Waals surface area contributed by atoms with E-state index in [1.807, 2.05) is 44.1 Å². The van der Waals surface area contributed by atoms with Crippen molar-refractivity contribution in [1.82, 2.24) is 0 Å². The van der Waals surface area contributed by atoms with Crippen molar-refractivity contribution in [2.45, 2.75) is 6.92 Å². The van der Waals surface area contributed by atoms with Crippen LogP contribution in [-0.2, 0) is 0 Å². The first kappa shape index (κ1) is 15.0. The SMILES string of the molecule is CCN(C(=O)c1cccc(N(C)C)c1)c1ccc(F)cc1. The number of hydrogen-bond donors (Lipinski definition) is 0. The Bertz CT molecular complexity index is 623. The molecule has 0 bridgehead atoms. The lowest BCUT2D eigenvalue weighted by molar-refractivity contribution is 0.0988. The summed E-state index contributed by atoms with van der Waals surface area (Å²) in [6.45, 7) is 2.42. The molecule has 0 atom stereocenters. The van der Waals surface area contributed by atoms with Gasteiger partial charge in [0.2, 0.25) is 0 Å². The number of nitrogens with zero attached hydrogens (tertiary/aromatic N) is 2. The zero-order valence-corrected chi connectivity index (χ0v) is 12.5. The molecule has 1 amide bonds. The maximum atomic E-state index is 13.0. The highest BCUT2D eigenvalue weighted by atomic mass is 19.1. The molecule has 0 aliphatic rings. The van der Waals surface area contributed by atoms with Gasteiger partial charge in [-0.3, -0.25) is 4.79 Å². The summed E-state index contributed by atoms with van der Waals surface area (Å²) in [4.78, 5) is 16.2. The van der Waals surface area contributed by atoms with Crippen LogP contribution in [0.2, 0.25) is 0 Å². The van der Waals surface area contributed by atoms with Crippen molar-refractivity contribution >= 4 is 17.3 Å². The summed E-state index contributed by atoms with van der Waals surface area (Å²) in [6.07, 6.45) is 0. The molecular formula is C17H19FN2O. The first-order chi connectivity index (χ1) is 10.0. The van der Waals surface area contributed by atoms with E-state index in [2.05, 4.69) is 0 Å². The summed E-state index contributed by atoms with van der Waals surface area (Å²) in [5.41, 5.74) is 2.28. The third-order valence-electron chi connectivity index (χ3n) is 3.31. The van der Waals surface area contributed by atoms with Gasteiger partial charge in [0.25, 0.3) is 5.91 Å². The van der Waals surface area contributed by atoms with Crippen LogP contribution in [-0.4, -0.2) is 26.5 Å². The van der Waals surface area contributed by atoms with Gasteiger partial charge in [-0.25, -0.2) is 4.39 Å². The lowest BCUT2D eigenvalue weighted by Crippen LogP contribution is -2.30. The maximum absolute atomic E-state index is 13.0. The van der Waals surface area contributed by atoms with Gasteiger partial charge in [-0.1, -0.05) is 6.07 Å². The highest BCUT2D eigenvalue weighted by Crippen LogP contribution is 2.20. The van der Waals surface area contributed by atoms with Crippen molar-refractivity contribution in [1.29, 1.82) is 0 Å². The van der Waals surface area contributed by atoms with Gasteiger partial charge >= 0.3 is 0 Å². The second-order valence-corrected chi connectivity index (χ2v) is 4.97. The molecule has 0 aliphatic heterocycles. The lowest BCUT2D eigenvalue weighted by Gasteiger charge is -2.22. The molecule has 4 heteroatoms. The summed E-state index contributed by atoms with van der Waals surface area (Å²) in [5.74, 6) is -0.398. The average molecular weight is 286 g/mol. The normalized spacial score (nSPS) is 10.3.